The topological polar surface area (TPSA) is 23.8 Å². The highest BCUT2D eigenvalue weighted by molar-refractivity contribution is 7.80. The molecule has 0 aromatic heterocycles. The van der Waals surface area contributed by atoms with Gasteiger partial charge in [-0.2, -0.15) is 18.4 Å². The molecule has 0 aliphatic rings. The SMILES string of the molecule is N#CCc1ccc(S)cc1C(F)(F)F. The lowest BCUT2D eigenvalue weighted by molar-refractivity contribution is -0.138. The first-order valence-electron chi connectivity index (χ1n) is 3.71. The third-order valence-electron chi connectivity index (χ3n) is 1.67. The molecule has 0 saturated heterocycles. The number of halogens is 3. The van der Waals surface area contributed by atoms with Crippen LogP contribution in [0.15, 0.2) is 23.1 Å². The standard InChI is InChI=1S/C9H6F3NS/c10-9(11,12)8-5-7(14)2-1-6(8)3-4-13/h1-2,5,14H,3H2. The van der Waals surface area contributed by atoms with Crippen molar-refractivity contribution in [3.63, 3.8) is 0 Å². The Hall–Kier alpha value is -1.15. The lowest BCUT2D eigenvalue weighted by Gasteiger charge is -2.11. The Morgan fingerprint density at radius 3 is 2.50 bits per heavy atom. The molecular formula is C9H6F3NS. The Labute approximate surface area is 84.6 Å². The molecule has 0 aliphatic carbocycles. The molecule has 0 saturated carbocycles. The first-order valence-corrected chi connectivity index (χ1v) is 4.16. The molecule has 1 aromatic rings. The molecule has 1 rings (SSSR count). The van der Waals surface area contributed by atoms with Crippen molar-refractivity contribution >= 4 is 12.6 Å². The van der Waals surface area contributed by atoms with Crippen LogP contribution in [0.25, 0.3) is 0 Å². The van der Waals surface area contributed by atoms with Crippen LogP contribution in [0.4, 0.5) is 13.2 Å². The van der Waals surface area contributed by atoms with Gasteiger partial charge in [-0.25, -0.2) is 0 Å². The lowest BCUT2D eigenvalue weighted by Crippen LogP contribution is -2.08. The highest BCUT2D eigenvalue weighted by Crippen LogP contribution is 2.33. The van der Waals surface area contributed by atoms with Crippen molar-refractivity contribution in [3.05, 3.63) is 29.3 Å². The van der Waals surface area contributed by atoms with E-state index < -0.39 is 11.7 Å². The maximum Gasteiger partial charge on any atom is 0.416 e. The summed E-state index contributed by atoms with van der Waals surface area (Å²) in [4.78, 5) is 0.235. The van der Waals surface area contributed by atoms with Crippen LogP contribution in [0.2, 0.25) is 0 Å². The zero-order valence-electron chi connectivity index (χ0n) is 6.97. The van der Waals surface area contributed by atoms with Gasteiger partial charge in [0.1, 0.15) is 0 Å². The molecule has 0 atom stereocenters. The minimum atomic E-state index is -4.43. The molecule has 1 nitrogen and oxygen atoms in total. The average Bonchev–Trinajstić information content (AvgIpc) is 2.07. The van der Waals surface area contributed by atoms with Gasteiger partial charge in [-0.1, -0.05) is 6.07 Å². The van der Waals surface area contributed by atoms with Crippen LogP contribution in [0, 0.1) is 11.3 Å². The Kier molecular flexibility index (Phi) is 3.06. The summed E-state index contributed by atoms with van der Waals surface area (Å²) in [5.41, 5.74) is -0.802. The van der Waals surface area contributed by atoms with Crippen LogP contribution in [-0.2, 0) is 12.6 Å². The number of benzene rings is 1. The molecule has 74 valence electrons. The summed E-state index contributed by atoms with van der Waals surface area (Å²) in [6.45, 7) is 0. The van der Waals surface area contributed by atoms with E-state index in [2.05, 4.69) is 12.6 Å². The zero-order chi connectivity index (χ0) is 10.8. The van der Waals surface area contributed by atoms with Crippen molar-refractivity contribution in [2.75, 3.05) is 0 Å². The second-order valence-electron chi connectivity index (χ2n) is 2.67. The van der Waals surface area contributed by atoms with Crippen LogP contribution in [-0.4, -0.2) is 0 Å². The van der Waals surface area contributed by atoms with Gasteiger partial charge >= 0.3 is 6.18 Å². The Bertz CT molecular complexity index is 379. The molecule has 0 bridgehead atoms. The molecule has 0 N–H and O–H groups in total. The fourth-order valence-corrected chi connectivity index (χ4v) is 1.27. The molecule has 1 aromatic carbocycles. The molecule has 0 radical (unpaired) electrons. The number of hydrogen-bond acceptors (Lipinski definition) is 2. The first kappa shape index (κ1) is 10.9. The van der Waals surface area contributed by atoms with Crippen LogP contribution in [0.5, 0.6) is 0 Å². The quantitative estimate of drug-likeness (QED) is 0.718. The summed E-state index contributed by atoms with van der Waals surface area (Å²) in [7, 11) is 0. The molecule has 0 amide bonds. The number of alkyl halides is 3. The van der Waals surface area contributed by atoms with Crippen molar-refractivity contribution in [2.45, 2.75) is 17.5 Å². The van der Waals surface area contributed by atoms with E-state index in [4.69, 9.17) is 5.26 Å². The molecular weight excluding hydrogens is 211 g/mol. The van der Waals surface area contributed by atoms with Crippen molar-refractivity contribution < 1.29 is 13.2 Å². The average molecular weight is 217 g/mol. The summed E-state index contributed by atoms with van der Waals surface area (Å²) in [5, 5.41) is 8.34. The number of hydrogen-bond donors (Lipinski definition) is 1. The van der Waals surface area contributed by atoms with E-state index in [0.717, 1.165) is 6.07 Å². The van der Waals surface area contributed by atoms with Gasteiger partial charge in [0.25, 0.3) is 0 Å². The minimum absolute atomic E-state index is 0.0159. The number of nitriles is 1. The summed E-state index contributed by atoms with van der Waals surface area (Å²) >= 11 is 3.82. The Morgan fingerprint density at radius 2 is 2.00 bits per heavy atom. The number of rotatable bonds is 1. The second kappa shape index (κ2) is 3.93. The summed E-state index contributed by atoms with van der Waals surface area (Å²) in [6.07, 6.45) is -4.67. The van der Waals surface area contributed by atoms with Gasteiger partial charge in [-0.3, -0.25) is 0 Å². The van der Waals surface area contributed by atoms with E-state index in [0.29, 0.717) is 0 Å². The zero-order valence-corrected chi connectivity index (χ0v) is 7.86. The van der Waals surface area contributed by atoms with E-state index in [1.54, 1.807) is 6.07 Å². The van der Waals surface area contributed by atoms with Gasteiger partial charge in [0.15, 0.2) is 0 Å². The molecule has 0 spiro atoms. The molecule has 5 heteroatoms. The lowest BCUT2D eigenvalue weighted by atomic mass is 10.1. The smallest absolute Gasteiger partial charge is 0.198 e. The van der Waals surface area contributed by atoms with Gasteiger partial charge < -0.3 is 0 Å². The van der Waals surface area contributed by atoms with Crippen molar-refractivity contribution in [3.8, 4) is 6.07 Å². The molecule has 14 heavy (non-hydrogen) atoms. The second-order valence-corrected chi connectivity index (χ2v) is 3.19. The largest absolute Gasteiger partial charge is 0.416 e. The fourth-order valence-electron chi connectivity index (χ4n) is 1.07. The highest BCUT2D eigenvalue weighted by atomic mass is 32.1. The predicted octanol–water partition coefficient (Wildman–Crippen LogP) is 3.06. The summed E-state index contributed by atoms with van der Waals surface area (Å²) in [6, 6.07) is 5.33. The Balaban J connectivity index is 3.24. The summed E-state index contributed by atoms with van der Waals surface area (Å²) in [5.74, 6) is 0. The van der Waals surface area contributed by atoms with Crippen molar-refractivity contribution in [1.82, 2.24) is 0 Å². The van der Waals surface area contributed by atoms with Crippen LogP contribution < -0.4 is 0 Å². The normalized spacial score (nSPS) is 11.1. The minimum Gasteiger partial charge on any atom is -0.198 e. The Morgan fingerprint density at radius 1 is 1.36 bits per heavy atom. The third-order valence-corrected chi connectivity index (χ3v) is 1.95. The first-order chi connectivity index (χ1) is 6.45. The van der Waals surface area contributed by atoms with Crippen LogP contribution >= 0.6 is 12.6 Å². The maximum atomic E-state index is 12.4. The fraction of sp³-hybridized carbons (Fsp3) is 0.222. The predicted molar refractivity (Wildman–Crippen MR) is 48.0 cm³/mol. The molecule has 0 unspecified atom stereocenters. The van der Waals surface area contributed by atoms with Gasteiger partial charge in [-0.15, -0.1) is 12.6 Å². The molecule has 0 aliphatic heterocycles. The van der Waals surface area contributed by atoms with Crippen molar-refractivity contribution in [2.24, 2.45) is 0 Å². The third kappa shape index (κ3) is 2.42. The van der Waals surface area contributed by atoms with Gasteiger partial charge in [0.2, 0.25) is 0 Å². The van der Waals surface area contributed by atoms with Crippen molar-refractivity contribution in [1.29, 1.82) is 5.26 Å². The van der Waals surface area contributed by atoms with E-state index in [9.17, 15) is 13.2 Å². The van der Waals surface area contributed by atoms with Gasteiger partial charge in [-0.05, 0) is 17.7 Å². The summed E-state index contributed by atoms with van der Waals surface area (Å²) < 4.78 is 37.2. The highest BCUT2D eigenvalue weighted by Gasteiger charge is 2.33. The number of thiol groups is 1. The van der Waals surface area contributed by atoms with E-state index >= 15 is 0 Å². The molecule has 0 fully saturated rings. The monoisotopic (exact) mass is 217 g/mol. The molecule has 0 heterocycles. The van der Waals surface area contributed by atoms with Crippen LogP contribution in [0.3, 0.4) is 0 Å². The van der Waals surface area contributed by atoms with Gasteiger partial charge in [0, 0.05) is 4.90 Å². The van der Waals surface area contributed by atoms with Crippen LogP contribution in [0.1, 0.15) is 11.1 Å². The van der Waals surface area contributed by atoms with E-state index in [1.807, 2.05) is 0 Å². The number of nitrogens with zero attached hydrogens (tertiary/aromatic N) is 1. The van der Waals surface area contributed by atoms with E-state index in [1.165, 1.54) is 12.1 Å². The van der Waals surface area contributed by atoms with Gasteiger partial charge in [0.05, 0.1) is 18.1 Å². The van der Waals surface area contributed by atoms with E-state index in [-0.39, 0.29) is 16.9 Å². The maximum absolute atomic E-state index is 12.4.